The van der Waals surface area contributed by atoms with Gasteiger partial charge in [-0.15, -0.1) is 0 Å². The third-order valence-corrected chi connectivity index (χ3v) is 5.44. The standard InChI is InChI=1S/C22H20F2N4O3/c23-13-20(29)27-7-9-28(10-8-27)22(31)17-11-14(5-6-18(17)24)12-19-15-3-1-2-4-16(15)21(30)26-25-19/h1-6,11H,7-10,12-13H2,(H,26,30). The van der Waals surface area contributed by atoms with Crippen molar-refractivity contribution in [1.82, 2.24) is 20.0 Å². The Labute approximate surface area is 176 Å². The van der Waals surface area contributed by atoms with Gasteiger partial charge in [0.05, 0.1) is 16.6 Å². The number of carbonyl (C=O) groups is 2. The number of rotatable bonds is 4. The van der Waals surface area contributed by atoms with Crippen molar-refractivity contribution in [2.45, 2.75) is 6.42 Å². The van der Waals surface area contributed by atoms with Crippen LogP contribution in [0.2, 0.25) is 0 Å². The molecule has 1 aromatic heterocycles. The minimum Gasteiger partial charge on any atom is -0.337 e. The Bertz CT molecular complexity index is 1200. The van der Waals surface area contributed by atoms with Crippen LogP contribution in [0.1, 0.15) is 21.6 Å². The molecule has 0 spiro atoms. The zero-order chi connectivity index (χ0) is 22.0. The molecule has 1 N–H and O–H groups in total. The Balaban J connectivity index is 1.56. The Kier molecular flexibility index (Phi) is 5.75. The second kappa shape index (κ2) is 8.63. The van der Waals surface area contributed by atoms with Crippen LogP contribution in [0.4, 0.5) is 8.78 Å². The van der Waals surface area contributed by atoms with Gasteiger partial charge < -0.3 is 9.80 Å². The number of alkyl halides is 1. The van der Waals surface area contributed by atoms with Crippen molar-refractivity contribution in [3.63, 3.8) is 0 Å². The zero-order valence-electron chi connectivity index (χ0n) is 16.6. The summed E-state index contributed by atoms with van der Waals surface area (Å²) in [4.78, 5) is 39.1. The highest BCUT2D eigenvalue weighted by atomic mass is 19.1. The van der Waals surface area contributed by atoms with Gasteiger partial charge in [-0.1, -0.05) is 24.3 Å². The first-order valence-electron chi connectivity index (χ1n) is 9.85. The first kappa shape index (κ1) is 20.6. The number of carbonyl (C=O) groups excluding carboxylic acids is 2. The van der Waals surface area contributed by atoms with Gasteiger partial charge in [-0.25, -0.2) is 13.9 Å². The van der Waals surface area contributed by atoms with Crippen LogP contribution in [-0.2, 0) is 11.2 Å². The van der Waals surface area contributed by atoms with E-state index in [0.717, 1.165) is 0 Å². The molecule has 7 nitrogen and oxygen atoms in total. The van der Waals surface area contributed by atoms with Crippen molar-refractivity contribution in [1.29, 1.82) is 0 Å². The molecule has 0 saturated carbocycles. The number of hydrogen-bond donors (Lipinski definition) is 1. The van der Waals surface area contributed by atoms with Gasteiger partial charge in [-0.2, -0.15) is 5.10 Å². The van der Waals surface area contributed by atoms with E-state index in [4.69, 9.17) is 0 Å². The van der Waals surface area contributed by atoms with E-state index in [-0.39, 0.29) is 37.3 Å². The maximum Gasteiger partial charge on any atom is 0.272 e. The molecule has 9 heteroatoms. The van der Waals surface area contributed by atoms with Gasteiger partial charge in [0.15, 0.2) is 6.67 Å². The summed E-state index contributed by atoms with van der Waals surface area (Å²) < 4.78 is 27.0. The van der Waals surface area contributed by atoms with Crippen molar-refractivity contribution in [2.24, 2.45) is 0 Å². The van der Waals surface area contributed by atoms with E-state index in [1.165, 1.54) is 21.9 Å². The number of halogens is 2. The predicted molar refractivity (Wildman–Crippen MR) is 110 cm³/mol. The summed E-state index contributed by atoms with van der Waals surface area (Å²) in [5, 5.41) is 7.79. The molecule has 31 heavy (non-hydrogen) atoms. The molecule has 2 aromatic carbocycles. The molecule has 0 aliphatic carbocycles. The second-order valence-corrected chi connectivity index (χ2v) is 7.34. The van der Waals surface area contributed by atoms with Gasteiger partial charge in [0.1, 0.15) is 5.82 Å². The van der Waals surface area contributed by atoms with Crippen LogP contribution >= 0.6 is 0 Å². The monoisotopic (exact) mass is 426 g/mol. The number of H-pyrrole nitrogens is 1. The lowest BCUT2D eigenvalue weighted by Gasteiger charge is -2.34. The molecule has 3 aromatic rings. The van der Waals surface area contributed by atoms with Crippen LogP contribution in [0.25, 0.3) is 10.8 Å². The van der Waals surface area contributed by atoms with E-state index in [2.05, 4.69) is 10.2 Å². The number of aromatic nitrogens is 2. The van der Waals surface area contributed by atoms with Gasteiger partial charge in [0.2, 0.25) is 0 Å². The summed E-state index contributed by atoms with van der Waals surface area (Å²) in [6.07, 6.45) is 0.302. The van der Waals surface area contributed by atoms with Crippen molar-refractivity contribution >= 4 is 22.6 Å². The first-order chi connectivity index (χ1) is 15.0. The van der Waals surface area contributed by atoms with Gasteiger partial charge in [0, 0.05) is 38.0 Å². The lowest BCUT2D eigenvalue weighted by molar-refractivity contribution is -0.133. The third-order valence-electron chi connectivity index (χ3n) is 5.44. The van der Waals surface area contributed by atoms with Crippen LogP contribution in [-0.4, -0.2) is 64.7 Å². The summed E-state index contributed by atoms with van der Waals surface area (Å²) >= 11 is 0. The van der Waals surface area contributed by atoms with E-state index in [9.17, 15) is 23.2 Å². The highest BCUT2D eigenvalue weighted by Gasteiger charge is 2.26. The van der Waals surface area contributed by atoms with Gasteiger partial charge in [0.25, 0.3) is 17.4 Å². The molecule has 1 aliphatic rings. The fraction of sp³-hybridized carbons (Fsp3) is 0.273. The number of benzene rings is 2. The molecule has 2 heterocycles. The molecular formula is C22H20F2N4O3. The third kappa shape index (κ3) is 4.16. The molecule has 1 aliphatic heterocycles. The molecule has 1 saturated heterocycles. The summed E-state index contributed by atoms with van der Waals surface area (Å²) in [7, 11) is 0. The molecule has 0 unspecified atom stereocenters. The van der Waals surface area contributed by atoms with Gasteiger partial charge in [-0.3, -0.25) is 14.4 Å². The summed E-state index contributed by atoms with van der Waals surface area (Å²) in [5.41, 5.74) is 0.912. The zero-order valence-corrected chi connectivity index (χ0v) is 16.6. The van der Waals surface area contributed by atoms with E-state index in [0.29, 0.717) is 28.5 Å². The van der Waals surface area contributed by atoms with E-state index in [1.54, 1.807) is 30.3 Å². The number of hydrogen-bond acceptors (Lipinski definition) is 4. The molecule has 1 fully saturated rings. The molecular weight excluding hydrogens is 406 g/mol. The number of piperazine rings is 1. The lowest BCUT2D eigenvalue weighted by atomic mass is 10.0. The minimum absolute atomic E-state index is 0.0727. The van der Waals surface area contributed by atoms with E-state index in [1.807, 2.05) is 0 Å². The van der Waals surface area contributed by atoms with E-state index >= 15 is 0 Å². The number of fused-ring (bicyclic) bond motifs is 1. The SMILES string of the molecule is O=C(CF)N1CCN(C(=O)c2cc(Cc3n[nH]c(=O)c4ccccc34)ccc2F)CC1. The summed E-state index contributed by atoms with van der Waals surface area (Å²) in [6.45, 7) is -0.231. The number of nitrogens with one attached hydrogen (secondary N) is 1. The molecule has 2 amide bonds. The fourth-order valence-corrected chi connectivity index (χ4v) is 3.76. The normalized spacial score (nSPS) is 14.1. The van der Waals surface area contributed by atoms with Crippen LogP contribution in [0, 0.1) is 5.82 Å². The van der Waals surface area contributed by atoms with Crippen molar-refractivity contribution in [3.8, 4) is 0 Å². The largest absolute Gasteiger partial charge is 0.337 e. The molecule has 4 rings (SSSR count). The van der Waals surface area contributed by atoms with Crippen LogP contribution in [0.5, 0.6) is 0 Å². The number of nitrogens with zero attached hydrogens (tertiary/aromatic N) is 3. The minimum atomic E-state index is -1.07. The van der Waals surface area contributed by atoms with Crippen LogP contribution < -0.4 is 5.56 Å². The Morgan fingerprint density at radius 1 is 1.00 bits per heavy atom. The highest BCUT2D eigenvalue weighted by molar-refractivity contribution is 5.95. The molecule has 0 radical (unpaired) electrons. The summed E-state index contributed by atoms with van der Waals surface area (Å²) in [5.74, 6) is -1.73. The average Bonchev–Trinajstić information content (AvgIpc) is 2.81. The van der Waals surface area contributed by atoms with Crippen molar-refractivity contribution < 1.29 is 18.4 Å². The number of amides is 2. The maximum absolute atomic E-state index is 14.5. The van der Waals surface area contributed by atoms with Crippen molar-refractivity contribution in [3.05, 3.63) is 75.5 Å². The van der Waals surface area contributed by atoms with E-state index < -0.39 is 24.3 Å². The van der Waals surface area contributed by atoms with Crippen LogP contribution in [0.15, 0.2) is 47.3 Å². The Morgan fingerprint density at radius 2 is 1.68 bits per heavy atom. The average molecular weight is 426 g/mol. The molecule has 0 bridgehead atoms. The summed E-state index contributed by atoms with van der Waals surface area (Å²) in [6, 6.07) is 11.4. The highest BCUT2D eigenvalue weighted by Crippen LogP contribution is 2.20. The second-order valence-electron chi connectivity index (χ2n) is 7.34. The van der Waals surface area contributed by atoms with Gasteiger partial charge in [-0.05, 0) is 23.8 Å². The van der Waals surface area contributed by atoms with Crippen molar-refractivity contribution in [2.75, 3.05) is 32.9 Å². The molecule has 160 valence electrons. The van der Waals surface area contributed by atoms with Gasteiger partial charge >= 0.3 is 0 Å². The Morgan fingerprint density at radius 3 is 2.39 bits per heavy atom. The fourth-order valence-electron chi connectivity index (χ4n) is 3.76. The predicted octanol–water partition coefficient (Wildman–Crippen LogP) is 1.91. The lowest BCUT2D eigenvalue weighted by Crippen LogP contribution is -2.51. The first-order valence-corrected chi connectivity index (χ1v) is 9.85. The van der Waals surface area contributed by atoms with Crippen LogP contribution in [0.3, 0.4) is 0 Å². The quantitative estimate of drug-likeness (QED) is 0.691. The number of aromatic amines is 1. The topological polar surface area (TPSA) is 86.4 Å². The smallest absolute Gasteiger partial charge is 0.272 e. The maximum atomic E-state index is 14.5. The molecule has 0 atom stereocenters. The Hall–Kier alpha value is -3.62.